The Kier molecular flexibility index (Phi) is 29.1. The number of carbonyl (C=O) groups excluding carboxylic acids is 2. The number of anilines is 1. The zero-order valence-corrected chi connectivity index (χ0v) is 35.0. The van der Waals surface area contributed by atoms with Crippen molar-refractivity contribution >= 4 is 35.2 Å². The lowest BCUT2D eigenvalue weighted by Gasteiger charge is -2.12. The Morgan fingerprint density at radius 1 is 0.677 bits per heavy atom. The van der Waals surface area contributed by atoms with Crippen LogP contribution < -0.4 is 26.3 Å². The highest BCUT2D eigenvalue weighted by atomic mass is 19.2. The Morgan fingerprint density at radius 2 is 1.16 bits per heavy atom. The van der Waals surface area contributed by atoms with Gasteiger partial charge < -0.3 is 64.2 Å². The van der Waals surface area contributed by atoms with Gasteiger partial charge in [-0.25, -0.2) is 18.0 Å². The normalized spacial score (nSPS) is 11.7. The van der Waals surface area contributed by atoms with Gasteiger partial charge in [-0.2, -0.15) is 9.49 Å². The highest BCUT2D eigenvalue weighted by molar-refractivity contribution is 6.30. The summed E-state index contributed by atoms with van der Waals surface area (Å²) in [5.74, 6) is -4.35. The van der Waals surface area contributed by atoms with E-state index in [1.54, 1.807) is 18.3 Å². The maximum atomic E-state index is 14.4. The molecule has 0 aliphatic rings. The average molecular weight is 889 g/mol. The van der Waals surface area contributed by atoms with E-state index in [0.29, 0.717) is 110 Å². The van der Waals surface area contributed by atoms with Gasteiger partial charge in [-0.05, 0) is 43.9 Å². The number of hydrazone groups is 1. The molecule has 0 spiro atoms. The molecule has 0 aliphatic heterocycles. The van der Waals surface area contributed by atoms with Crippen molar-refractivity contribution in [1.82, 2.24) is 5.32 Å². The molecule has 0 bridgehead atoms. The molecule has 0 heterocycles. The number of benzene rings is 2. The second-order valence-electron chi connectivity index (χ2n) is 12.9. The van der Waals surface area contributed by atoms with Gasteiger partial charge in [0.05, 0.1) is 130 Å². The Hall–Kier alpha value is -4.74. The van der Waals surface area contributed by atoms with Crippen molar-refractivity contribution in [2.75, 3.05) is 124 Å². The number of unbranched alkanes of at least 4 members (excludes halogenated alkanes) is 1. The summed E-state index contributed by atoms with van der Waals surface area (Å²) >= 11 is 0. The molecular weight excluding hydrogens is 830 g/mol. The van der Waals surface area contributed by atoms with E-state index in [4.69, 9.17) is 43.7 Å². The maximum Gasteiger partial charge on any atom is 0.319 e. The number of nitrogens with one attached hydrogen (secondary N) is 2. The number of halogens is 4. The van der Waals surface area contributed by atoms with Gasteiger partial charge >= 0.3 is 12.0 Å². The molecular formula is C41H58F4N5O12-. The molecule has 62 heavy (non-hydrogen) atoms. The van der Waals surface area contributed by atoms with Crippen molar-refractivity contribution in [3.05, 3.63) is 59.7 Å². The first-order valence-corrected chi connectivity index (χ1v) is 20.0. The van der Waals surface area contributed by atoms with Crippen molar-refractivity contribution in [3.8, 4) is 11.5 Å². The lowest BCUT2D eigenvalue weighted by Crippen LogP contribution is -2.29. The fourth-order valence-electron chi connectivity index (χ4n) is 4.83. The Labute approximate surface area is 358 Å². The van der Waals surface area contributed by atoms with Crippen LogP contribution in [0.4, 0.5) is 28.0 Å². The Morgan fingerprint density at radius 3 is 1.65 bits per heavy atom. The second kappa shape index (κ2) is 33.8. The summed E-state index contributed by atoms with van der Waals surface area (Å²) in [6, 6.07) is 5.51. The van der Waals surface area contributed by atoms with E-state index in [9.17, 15) is 32.3 Å². The first-order valence-electron chi connectivity index (χ1n) is 20.0. The van der Waals surface area contributed by atoms with Crippen LogP contribution in [-0.2, 0) is 42.7 Å². The molecule has 0 atom stereocenters. The number of hydrogen-bond acceptors (Lipinski definition) is 15. The van der Waals surface area contributed by atoms with E-state index < -0.39 is 47.0 Å². The van der Waals surface area contributed by atoms with Crippen molar-refractivity contribution in [1.29, 1.82) is 0 Å². The molecule has 4 N–H and O–H groups in total. The number of rotatable bonds is 36. The quantitative estimate of drug-likeness (QED) is 0.0101. The topological polar surface area (TPSA) is 215 Å². The van der Waals surface area contributed by atoms with E-state index in [1.807, 2.05) is 0 Å². The highest BCUT2D eigenvalue weighted by Crippen LogP contribution is 2.33. The molecule has 0 saturated heterocycles. The molecule has 0 radical (unpaired) electrons. The summed E-state index contributed by atoms with van der Waals surface area (Å²) in [6.07, 6.45) is 3.33. The lowest BCUT2D eigenvalue weighted by atomic mass is 10.1. The number of carbonyl (C=O) groups is 2. The van der Waals surface area contributed by atoms with Crippen molar-refractivity contribution in [3.63, 3.8) is 0 Å². The molecule has 348 valence electrons. The van der Waals surface area contributed by atoms with Gasteiger partial charge in [0.1, 0.15) is 0 Å². The smallest absolute Gasteiger partial charge is 0.319 e. The number of urea groups is 1. The van der Waals surface area contributed by atoms with E-state index in [1.165, 1.54) is 19.1 Å². The van der Waals surface area contributed by atoms with E-state index in [-0.39, 0.29) is 43.8 Å². The summed E-state index contributed by atoms with van der Waals surface area (Å²) in [7, 11) is 0. The minimum atomic E-state index is -1.97. The lowest BCUT2D eigenvalue weighted by molar-refractivity contribution is -0.268. The molecule has 0 unspecified atom stereocenters. The van der Waals surface area contributed by atoms with Crippen LogP contribution in [0.3, 0.4) is 0 Å². The van der Waals surface area contributed by atoms with Gasteiger partial charge in [0, 0.05) is 18.4 Å². The number of hydrogen-bond donors (Lipinski definition) is 3. The van der Waals surface area contributed by atoms with E-state index in [0.717, 1.165) is 12.8 Å². The van der Waals surface area contributed by atoms with E-state index in [2.05, 4.69) is 32.0 Å². The highest BCUT2D eigenvalue weighted by Gasteiger charge is 2.28. The van der Waals surface area contributed by atoms with E-state index >= 15 is 0 Å². The third-order valence-electron chi connectivity index (χ3n) is 7.95. The zero-order chi connectivity index (χ0) is 45.2. The maximum absolute atomic E-state index is 14.4. The standard InChI is InChI=1S/C41H59F4N5O12/c1-30(2)35-36(42)38(44)39(45)40(37(35)43)62-34(52)10-13-54-15-17-56-19-21-58-23-25-60-27-28-61-26-24-59-22-20-57-18-16-55-14-12-47-29-32(50-46)5-3-4-11-48-41(53)49-31-6-8-33(51)9-7-31/h6-9,29,51H,1,3-5,10-28,46H2,2H3,(H2,48,49,53)/p-1/b47-29?,50-32-. The minimum absolute atomic E-state index is 0.116. The summed E-state index contributed by atoms with van der Waals surface area (Å²) in [6.45, 7) is 10.6. The first-order chi connectivity index (χ1) is 30.0. The van der Waals surface area contributed by atoms with Crippen LogP contribution >= 0.6 is 0 Å². The van der Waals surface area contributed by atoms with Gasteiger partial charge in [0.15, 0.2) is 17.5 Å². The van der Waals surface area contributed by atoms with Gasteiger partial charge in [0.2, 0.25) is 11.6 Å². The summed E-state index contributed by atoms with van der Waals surface area (Å²) in [4.78, 5) is 28.1. The monoisotopic (exact) mass is 888 g/mol. The van der Waals surface area contributed by atoms with Crippen LogP contribution in [0.2, 0.25) is 0 Å². The number of aliphatic imine (C=N–C) groups is 1. The molecule has 0 fully saturated rings. The van der Waals surface area contributed by atoms with Gasteiger partial charge in [0.25, 0.3) is 0 Å². The summed E-state index contributed by atoms with van der Waals surface area (Å²) < 4.78 is 104. The van der Waals surface area contributed by atoms with Crippen molar-refractivity contribution in [2.24, 2.45) is 15.9 Å². The third kappa shape index (κ3) is 24.0. The minimum Gasteiger partial charge on any atom is -0.872 e. The number of amides is 2. The molecule has 2 aromatic rings. The molecule has 0 aliphatic carbocycles. The summed E-state index contributed by atoms with van der Waals surface area (Å²) in [5, 5.41) is 20.3. The zero-order valence-electron chi connectivity index (χ0n) is 35.0. The molecule has 2 aromatic carbocycles. The molecule has 0 saturated carbocycles. The number of nitrogens with two attached hydrogens (primary N) is 1. The SMILES string of the molecule is C=C(C)c1c(F)c(F)c(F)c(OC(=O)CCOCCOCCOCCOCCOCCOCCOCCOCCN=C/C(CCCCNC(=O)Nc2ccc([O-])cc2)=N\N)c1F. The molecule has 2 amide bonds. The largest absolute Gasteiger partial charge is 0.872 e. The van der Waals surface area contributed by atoms with Gasteiger partial charge in [-0.3, -0.25) is 9.79 Å². The average Bonchev–Trinajstić information content (AvgIpc) is 3.25. The predicted octanol–water partition coefficient (Wildman–Crippen LogP) is 4.16. The molecule has 17 nitrogen and oxygen atoms in total. The van der Waals surface area contributed by atoms with Crippen molar-refractivity contribution < 1.29 is 74.9 Å². The number of allylic oxidation sites excluding steroid dienone is 1. The molecule has 2 rings (SSSR count). The number of ether oxygens (including phenoxy) is 9. The fraction of sp³-hybridized carbons (Fsp3) is 0.561. The van der Waals surface area contributed by atoms with Gasteiger partial charge in [-0.15, -0.1) is 5.75 Å². The number of nitrogens with zero attached hydrogens (tertiary/aromatic N) is 2. The predicted molar refractivity (Wildman–Crippen MR) is 220 cm³/mol. The van der Waals surface area contributed by atoms with Crippen LogP contribution in [0.1, 0.15) is 38.2 Å². The van der Waals surface area contributed by atoms with Gasteiger partial charge in [-0.1, -0.05) is 18.7 Å². The fourth-order valence-corrected chi connectivity index (χ4v) is 4.83. The second-order valence-corrected chi connectivity index (χ2v) is 12.9. The Balaban J connectivity index is 1.27. The first kappa shape index (κ1) is 53.4. The summed E-state index contributed by atoms with van der Waals surface area (Å²) in [5.41, 5.74) is 0.0800. The number of esters is 1. The molecule has 21 heteroatoms. The molecule has 0 aromatic heterocycles. The van der Waals surface area contributed by atoms with Crippen molar-refractivity contribution in [2.45, 2.75) is 32.6 Å². The van der Waals surface area contributed by atoms with Crippen LogP contribution in [0.25, 0.3) is 5.57 Å². The van der Waals surface area contributed by atoms with Crippen LogP contribution in [0, 0.1) is 23.3 Å². The van der Waals surface area contributed by atoms with Crippen LogP contribution in [0.5, 0.6) is 11.5 Å². The Bertz CT molecular complexity index is 1660. The van der Waals surface area contributed by atoms with Crippen LogP contribution in [0.15, 0.2) is 40.9 Å². The third-order valence-corrected chi connectivity index (χ3v) is 7.95. The van der Waals surface area contributed by atoms with Crippen LogP contribution in [-0.4, -0.2) is 143 Å².